The Labute approximate surface area is 114 Å². The minimum atomic E-state index is -5.20. The van der Waals surface area contributed by atoms with Crippen molar-refractivity contribution >= 4 is 17.6 Å². The number of hydrogen-bond donors (Lipinski definition) is 0. The van der Waals surface area contributed by atoms with E-state index >= 15 is 0 Å². The fourth-order valence-corrected chi connectivity index (χ4v) is 1.48. The summed E-state index contributed by atoms with van der Waals surface area (Å²) in [7, 11) is 0.965. The number of rotatable bonds is 4. The molecule has 0 aromatic carbocycles. The number of alkyl halides is 6. The first-order chi connectivity index (χ1) is 9.19. The summed E-state index contributed by atoms with van der Waals surface area (Å²) in [6.07, 6.45) is -8.51. The lowest BCUT2D eigenvalue weighted by atomic mass is 10.1. The summed E-state index contributed by atoms with van der Waals surface area (Å²) in [6.45, 7) is 0. The smallest absolute Gasteiger partial charge is 0.464 e. The van der Waals surface area contributed by atoms with Crippen LogP contribution in [0.15, 0.2) is 6.07 Å². The maximum absolute atomic E-state index is 12.8. The quantitative estimate of drug-likeness (QED) is 0.484. The van der Waals surface area contributed by atoms with Crippen LogP contribution in [-0.4, -0.2) is 24.4 Å². The maximum Gasteiger partial charge on any atom is 0.573 e. The summed E-state index contributed by atoms with van der Waals surface area (Å²) in [5, 5.41) is 0. The molecule has 0 bridgehead atoms. The largest absolute Gasteiger partial charge is 0.573 e. The van der Waals surface area contributed by atoms with E-state index in [-0.39, 0.29) is 0 Å². The Hall–Kier alpha value is -1.64. The van der Waals surface area contributed by atoms with E-state index in [0.29, 0.717) is 6.07 Å². The molecular formula is C10H7ClF5NO3. The summed E-state index contributed by atoms with van der Waals surface area (Å²) >= 11 is 5.35. The van der Waals surface area contributed by atoms with Crippen LogP contribution in [0.25, 0.3) is 0 Å². The van der Waals surface area contributed by atoms with Crippen LogP contribution in [0.1, 0.15) is 28.2 Å². The van der Waals surface area contributed by atoms with Crippen LogP contribution in [0.3, 0.4) is 0 Å². The molecule has 0 atom stereocenters. The number of esters is 1. The lowest BCUT2D eigenvalue weighted by molar-refractivity contribution is -0.275. The second-order valence-electron chi connectivity index (χ2n) is 3.35. The Morgan fingerprint density at radius 2 is 2.05 bits per heavy atom. The van der Waals surface area contributed by atoms with Gasteiger partial charge in [-0.15, -0.1) is 24.8 Å². The SMILES string of the molecule is COC(=O)c1cc(C(F)F)c(OC(F)(F)F)c(CCl)n1. The zero-order valence-corrected chi connectivity index (χ0v) is 10.6. The van der Waals surface area contributed by atoms with Gasteiger partial charge in [-0.2, -0.15) is 0 Å². The Bertz CT molecular complexity index is 506. The molecule has 1 rings (SSSR count). The van der Waals surface area contributed by atoms with Crippen LogP contribution in [-0.2, 0) is 10.6 Å². The van der Waals surface area contributed by atoms with Gasteiger partial charge in [0.15, 0.2) is 5.75 Å². The number of nitrogens with zero attached hydrogens (tertiary/aromatic N) is 1. The highest BCUT2D eigenvalue weighted by atomic mass is 35.5. The number of hydrogen-bond acceptors (Lipinski definition) is 4. The molecule has 20 heavy (non-hydrogen) atoms. The van der Waals surface area contributed by atoms with E-state index in [1.165, 1.54) is 0 Å². The Morgan fingerprint density at radius 1 is 1.45 bits per heavy atom. The highest BCUT2D eigenvalue weighted by Gasteiger charge is 2.35. The molecule has 0 N–H and O–H groups in total. The third-order valence-corrected chi connectivity index (χ3v) is 2.30. The van der Waals surface area contributed by atoms with Gasteiger partial charge in [-0.05, 0) is 6.07 Å². The number of carbonyl (C=O) groups is 1. The highest BCUT2D eigenvalue weighted by molar-refractivity contribution is 6.17. The minimum absolute atomic E-state index is 0.466. The normalized spacial score (nSPS) is 11.6. The van der Waals surface area contributed by atoms with Crippen molar-refractivity contribution in [1.29, 1.82) is 0 Å². The van der Waals surface area contributed by atoms with Crippen LogP contribution in [0.4, 0.5) is 22.0 Å². The van der Waals surface area contributed by atoms with Crippen molar-refractivity contribution in [3.05, 3.63) is 23.0 Å². The summed E-state index contributed by atoms with van der Waals surface area (Å²) < 4.78 is 69.9. The van der Waals surface area contributed by atoms with Crippen molar-refractivity contribution in [3.63, 3.8) is 0 Å². The molecule has 1 aromatic heterocycles. The summed E-state index contributed by atoms with van der Waals surface area (Å²) in [5.74, 6) is -2.96. The Morgan fingerprint density at radius 3 is 2.45 bits per heavy atom. The van der Waals surface area contributed by atoms with Crippen molar-refractivity contribution in [2.24, 2.45) is 0 Å². The molecule has 0 saturated carbocycles. The average molecular weight is 320 g/mol. The van der Waals surface area contributed by atoms with Gasteiger partial charge in [-0.25, -0.2) is 18.6 Å². The second kappa shape index (κ2) is 6.21. The zero-order chi connectivity index (χ0) is 15.5. The van der Waals surface area contributed by atoms with Crippen molar-refractivity contribution in [1.82, 2.24) is 4.98 Å². The lowest BCUT2D eigenvalue weighted by Crippen LogP contribution is -2.20. The van der Waals surface area contributed by atoms with Crippen molar-refractivity contribution < 1.29 is 36.2 Å². The topological polar surface area (TPSA) is 48.4 Å². The van der Waals surface area contributed by atoms with Crippen LogP contribution in [0.5, 0.6) is 5.75 Å². The monoisotopic (exact) mass is 319 g/mol. The van der Waals surface area contributed by atoms with Crippen molar-refractivity contribution in [3.8, 4) is 5.75 Å². The molecule has 0 aliphatic rings. The molecule has 0 unspecified atom stereocenters. The summed E-state index contributed by atoms with van der Waals surface area (Å²) in [6, 6.07) is 0.466. The Balaban J connectivity index is 3.44. The number of pyridine rings is 1. The highest BCUT2D eigenvalue weighted by Crippen LogP contribution is 2.36. The molecule has 1 aromatic rings. The van der Waals surface area contributed by atoms with Crippen LogP contribution >= 0.6 is 11.6 Å². The maximum atomic E-state index is 12.8. The van der Waals surface area contributed by atoms with Crippen LogP contribution in [0, 0.1) is 0 Å². The molecule has 0 radical (unpaired) electrons. The van der Waals surface area contributed by atoms with Gasteiger partial charge in [0, 0.05) is 0 Å². The molecule has 0 aliphatic carbocycles. The fraction of sp³-hybridized carbons (Fsp3) is 0.400. The fourth-order valence-electron chi connectivity index (χ4n) is 1.30. The van der Waals surface area contributed by atoms with Gasteiger partial charge in [-0.3, -0.25) is 0 Å². The number of methoxy groups -OCH3 is 1. The molecule has 1 heterocycles. The molecule has 112 valence electrons. The standard InChI is InChI=1S/C10H7ClF5NO3/c1-19-9(18)5-2-4(8(12)13)7(6(3-11)17-5)20-10(14,15)16/h2,8H,3H2,1H3. The van der Waals surface area contributed by atoms with E-state index in [1.807, 2.05) is 0 Å². The van der Waals surface area contributed by atoms with E-state index in [4.69, 9.17) is 11.6 Å². The van der Waals surface area contributed by atoms with Gasteiger partial charge in [0.2, 0.25) is 0 Å². The predicted octanol–water partition coefficient (Wildman–Crippen LogP) is 3.44. The van der Waals surface area contributed by atoms with E-state index in [1.54, 1.807) is 0 Å². The molecule has 0 aliphatic heterocycles. The van der Waals surface area contributed by atoms with Crippen LogP contribution < -0.4 is 4.74 Å². The summed E-state index contributed by atoms with van der Waals surface area (Å²) in [4.78, 5) is 14.6. The molecular weight excluding hydrogens is 313 g/mol. The molecule has 0 spiro atoms. The van der Waals surface area contributed by atoms with Gasteiger partial charge in [0.25, 0.3) is 6.43 Å². The lowest BCUT2D eigenvalue weighted by Gasteiger charge is -2.16. The summed E-state index contributed by atoms with van der Waals surface area (Å²) in [5.41, 5.74) is -2.37. The average Bonchev–Trinajstić information content (AvgIpc) is 2.35. The van der Waals surface area contributed by atoms with E-state index < -0.39 is 47.3 Å². The predicted molar refractivity (Wildman–Crippen MR) is 56.8 cm³/mol. The number of aromatic nitrogens is 1. The third-order valence-electron chi connectivity index (χ3n) is 2.05. The molecule has 0 fully saturated rings. The van der Waals surface area contributed by atoms with Gasteiger partial charge >= 0.3 is 12.3 Å². The first-order valence-electron chi connectivity index (χ1n) is 4.91. The molecule has 0 amide bonds. The van der Waals surface area contributed by atoms with Crippen molar-refractivity contribution in [2.75, 3.05) is 7.11 Å². The van der Waals surface area contributed by atoms with Gasteiger partial charge in [-0.1, -0.05) is 0 Å². The number of carbonyl (C=O) groups excluding carboxylic acids is 1. The molecule has 4 nitrogen and oxygen atoms in total. The first-order valence-corrected chi connectivity index (χ1v) is 5.45. The van der Waals surface area contributed by atoms with E-state index in [0.717, 1.165) is 7.11 Å². The number of halogens is 6. The first kappa shape index (κ1) is 16.4. The van der Waals surface area contributed by atoms with Crippen LogP contribution in [0.2, 0.25) is 0 Å². The zero-order valence-electron chi connectivity index (χ0n) is 9.80. The Kier molecular flexibility index (Phi) is 5.09. The van der Waals surface area contributed by atoms with Crippen molar-refractivity contribution in [2.45, 2.75) is 18.7 Å². The van der Waals surface area contributed by atoms with Gasteiger partial charge in [0.05, 0.1) is 24.2 Å². The van der Waals surface area contributed by atoms with E-state index in [2.05, 4.69) is 14.5 Å². The second-order valence-corrected chi connectivity index (χ2v) is 3.61. The van der Waals surface area contributed by atoms with Gasteiger partial charge < -0.3 is 9.47 Å². The minimum Gasteiger partial charge on any atom is -0.464 e. The number of ether oxygens (including phenoxy) is 2. The third kappa shape index (κ3) is 3.92. The molecule has 10 heteroatoms. The van der Waals surface area contributed by atoms with E-state index in [9.17, 15) is 26.7 Å². The van der Waals surface area contributed by atoms with Gasteiger partial charge in [0.1, 0.15) is 5.69 Å². The molecule has 0 saturated heterocycles.